The molecule has 21 heavy (non-hydrogen) atoms. The minimum Gasteiger partial charge on any atom is -0.334 e. The van der Waals surface area contributed by atoms with Crippen LogP contribution in [0, 0.1) is 0 Å². The molecule has 0 aromatic carbocycles. The van der Waals surface area contributed by atoms with Crippen LogP contribution in [0.5, 0.6) is 0 Å². The van der Waals surface area contributed by atoms with Crippen molar-refractivity contribution in [3.05, 3.63) is 49.0 Å². The SMILES string of the molecule is CN(Cc1nc2ccsc2c(=O)[nH]1)C(=O)c1ccc(Cl)s1. The summed E-state index contributed by atoms with van der Waals surface area (Å²) >= 11 is 8.41. The lowest BCUT2D eigenvalue weighted by Crippen LogP contribution is -2.27. The van der Waals surface area contributed by atoms with E-state index in [1.54, 1.807) is 25.2 Å². The van der Waals surface area contributed by atoms with Crippen molar-refractivity contribution in [2.24, 2.45) is 0 Å². The van der Waals surface area contributed by atoms with Gasteiger partial charge in [0.2, 0.25) is 0 Å². The second-order valence-corrected chi connectivity index (χ2v) is 7.04. The van der Waals surface area contributed by atoms with Crippen molar-refractivity contribution in [3.63, 3.8) is 0 Å². The summed E-state index contributed by atoms with van der Waals surface area (Å²) in [6.45, 7) is 0.232. The lowest BCUT2D eigenvalue weighted by Gasteiger charge is -2.15. The van der Waals surface area contributed by atoms with Gasteiger partial charge >= 0.3 is 0 Å². The molecule has 5 nitrogen and oxygen atoms in total. The van der Waals surface area contributed by atoms with Crippen LogP contribution in [0.4, 0.5) is 0 Å². The fourth-order valence-corrected chi connectivity index (χ4v) is 3.67. The first-order valence-electron chi connectivity index (χ1n) is 6.02. The molecule has 0 aliphatic rings. The molecular weight excluding hydrogens is 330 g/mol. The number of fused-ring (bicyclic) bond motifs is 1. The molecule has 8 heteroatoms. The Bertz CT molecular complexity index is 868. The molecule has 0 unspecified atom stereocenters. The Morgan fingerprint density at radius 1 is 1.43 bits per heavy atom. The van der Waals surface area contributed by atoms with E-state index in [-0.39, 0.29) is 18.0 Å². The van der Waals surface area contributed by atoms with E-state index in [2.05, 4.69) is 9.97 Å². The van der Waals surface area contributed by atoms with Gasteiger partial charge in [0, 0.05) is 7.05 Å². The molecular formula is C13H10ClN3O2S2. The highest BCUT2D eigenvalue weighted by Crippen LogP contribution is 2.22. The van der Waals surface area contributed by atoms with Crippen LogP contribution in [-0.4, -0.2) is 27.8 Å². The average molecular weight is 340 g/mol. The number of aromatic nitrogens is 2. The third-order valence-corrected chi connectivity index (χ3v) is 5.00. The third-order valence-electron chi connectivity index (χ3n) is 2.88. The van der Waals surface area contributed by atoms with Crippen LogP contribution in [0.3, 0.4) is 0 Å². The van der Waals surface area contributed by atoms with Crippen LogP contribution in [0.25, 0.3) is 10.2 Å². The van der Waals surface area contributed by atoms with Crippen molar-refractivity contribution in [2.75, 3.05) is 7.05 Å². The maximum atomic E-state index is 12.2. The Hall–Kier alpha value is -1.70. The van der Waals surface area contributed by atoms with Crippen molar-refractivity contribution < 1.29 is 4.79 Å². The van der Waals surface area contributed by atoms with Crippen LogP contribution in [0.15, 0.2) is 28.4 Å². The number of thiophene rings is 2. The molecule has 1 N–H and O–H groups in total. The molecule has 0 saturated heterocycles. The molecule has 3 aromatic heterocycles. The molecule has 0 atom stereocenters. The number of hydrogen-bond acceptors (Lipinski definition) is 5. The van der Waals surface area contributed by atoms with Crippen molar-refractivity contribution >= 4 is 50.4 Å². The third kappa shape index (κ3) is 2.85. The van der Waals surface area contributed by atoms with Crippen LogP contribution in [0.2, 0.25) is 4.34 Å². The van der Waals surface area contributed by atoms with E-state index in [9.17, 15) is 9.59 Å². The summed E-state index contributed by atoms with van der Waals surface area (Å²) in [5, 5.41) is 1.82. The van der Waals surface area contributed by atoms with Gasteiger partial charge in [-0.15, -0.1) is 22.7 Å². The van der Waals surface area contributed by atoms with Gasteiger partial charge in [-0.05, 0) is 23.6 Å². The minimum atomic E-state index is -0.176. The number of aromatic amines is 1. The van der Waals surface area contributed by atoms with Gasteiger partial charge in [0.05, 0.1) is 21.3 Å². The number of hydrogen-bond donors (Lipinski definition) is 1. The fraction of sp³-hybridized carbons (Fsp3) is 0.154. The van der Waals surface area contributed by atoms with Crippen molar-refractivity contribution in [2.45, 2.75) is 6.54 Å². The zero-order valence-corrected chi connectivity index (χ0v) is 13.3. The number of carbonyl (C=O) groups excluding carboxylic acids is 1. The van der Waals surface area contributed by atoms with Gasteiger partial charge in [0.1, 0.15) is 10.5 Å². The molecule has 3 heterocycles. The molecule has 0 spiro atoms. The number of nitrogens with zero attached hydrogens (tertiary/aromatic N) is 2. The Labute approximate surface area is 132 Å². The highest BCUT2D eigenvalue weighted by molar-refractivity contribution is 7.18. The van der Waals surface area contributed by atoms with E-state index in [0.29, 0.717) is 25.3 Å². The highest BCUT2D eigenvalue weighted by atomic mass is 35.5. The first-order chi connectivity index (χ1) is 10.0. The maximum Gasteiger partial charge on any atom is 0.268 e. The minimum absolute atomic E-state index is 0.153. The summed E-state index contributed by atoms with van der Waals surface area (Å²) in [5.41, 5.74) is 0.476. The normalized spacial score (nSPS) is 11.0. The molecule has 1 amide bonds. The summed E-state index contributed by atoms with van der Waals surface area (Å²) in [7, 11) is 1.66. The monoisotopic (exact) mass is 339 g/mol. The Morgan fingerprint density at radius 3 is 2.95 bits per heavy atom. The van der Waals surface area contributed by atoms with E-state index in [0.717, 1.165) is 0 Å². The lowest BCUT2D eigenvalue weighted by molar-refractivity contribution is 0.0786. The summed E-state index contributed by atoms with van der Waals surface area (Å²) in [6.07, 6.45) is 0. The molecule has 0 saturated carbocycles. The van der Waals surface area contributed by atoms with E-state index >= 15 is 0 Å². The number of carbonyl (C=O) groups is 1. The molecule has 0 aliphatic carbocycles. The summed E-state index contributed by atoms with van der Waals surface area (Å²) in [4.78, 5) is 33.2. The van der Waals surface area contributed by atoms with Crippen LogP contribution < -0.4 is 5.56 Å². The molecule has 108 valence electrons. The van der Waals surface area contributed by atoms with Gasteiger partial charge in [-0.25, -0.2) is 4.98 Å². The molecule has 0 bridgehead atoms. The molecule has 0 aliphatic heterocycles. The largest absolute Gasteiger partial charge is 0.334 e. The number of nitrogens with one attached hydrogen (secondary N) is 1. The van der Waals surface area contributed by atoms with Crippen LogP contribution in [-0.2, 0) is 6.54 Å². The first kappa shape index (κ1) is 14.2. The first-order valence-corrected chi connectivity index (χ1v) is 8.09. The standard InChI is InChI=1S/C13H10ClN3O2S2/c1-17(13(19)8-2-3-9(14)21-8)6-10-15-7-4-5-20-11(7)12(18)16-10/h2-5H,6H2,1H3,(H,15,16,18). The molecule has 3 rings (SSSR count). The van der Waals surface area contributed by atoms with Crippen molar-refractivity contribution in [1.29, 1.82) is 0 Å². The predicted octanol–water partition coefficient (Wildman–Crippen LogP) is 2.97. The van der Waals surface area contributed by atoms with E-state index in [1.165, 1.54) is 27.6 Å². The fourth-order valence-electron chi connectivity index (χ4n) is 1.91. The number of rotatable bonds is 3. The zero-order chi connectivity index (χ0) is 15.0. The van der Waals surface area contributed by atoms with Gasteiger partial charge in [-0.1, -0.05) is 11.6 Å². The average Bonchev–Trinajstić information content (AvgIpc) is 3.06. The maximum absolute atomic E-state index is 12.2. The summed E-state index contributed by atoms with van der Waals surface area (Å²) in [5.74, 6) is 0.310. The quantitative estimate of drug-likeness (QED) is 0.797. The smallest absolute Gasteiger partial charge is 0.268 e. The van der Waals surface area contributed by atoms with Crippen molar-refractivity contribution in [1.82, 2.24) is 14.9 Å². The molecule has 0 radical (unpaired) electrons. The van der Waals surface area contributed by atoms with Crippen LogP contribution >= 0.6 is 34.3 Å². The van der Waals surface area contributed by atoms with Crippen LogP contribution in [0.1, 0.15) is 15.5 Å². The Balaban J connectivity index is 1.84. The second-order valence-electron chi connectivity index (χ2n) is 4.41. The predicted molar refractivity (Wildman–Crippen MR) is 85.4 cm³/mol. The van der Waals surface area contributed by atoms with Gasteiger partial charge in [0.25, 0.3) is 11.5 Å². The number of amides is 1. The number of halogens is 1. The zero-order valence-electron chi connectivity index (χ0n) is 10.9. The van der Waals surface area contributed by atoms with Gasteiger partial charge in [-0.2, -0.15) is 0 Å². The Kier molecular flexibility index (Phi) is 3.79. The van der Waals surface area contributed by atoms with Gasteiger partial charge in [0.15, 0.2) is 0 Å². The second kappa shape index (κ2) is 5.59. The van der Waals surface area contributed by atoms with E-state index < -0.39 is 0 Å². The molecule has 0 fully saturated rings. The summed E-state index contributed by atoms with van der Waals surface area (Å²) < 4.78 is 1.16. The summed E-state index contributed by atoms with van der Waals surface area (Å²) in [6, 6.07) is 5.16. The van der Waals surface area contributed by atoms with Crippen molar-refractivity contribution in [3.8, 4) is 0 Å². The number of H-pyrrole nitrogens is 1. The van der Waals surface area contributed by atoms with Gasteiger partial charge < -0.3 is 9.88 Å². The lowest BCUT2D eigenvalue weighted by atomic mass is 10.4. The van der Waals surface area contributed by atoms with E-state index in [4.69, 9.17) is 11.6 Å². The topological polar surface area (TPSA) is 66.1 Å². The molecule has 3 aromatic rings. The Morgan fingerprint density at radius 2 is 2.24 bits per heavy atom. The van der Waals surface area contributed by atoms with E-state index in [1.807, 2.05) is 5.38 Å². The van der Waals surface area contributed by atoms with Gasteiger partial charge in [-0.3, -0.25) is 9.59 Å². The highest BCUT2D eigenvalue weighted by Gasteiger charge is 2.16.